The molecule has 1 aromatic heterocycles. The molecular formula is C27H35FN6O3. The maximum atomic E-state index is 14.6. The number of amides is 4. The van der Waals surface area contributed by atoms with Crippen molar-refractivity contribution >= 4 is 23.5 Å². The molecule has 3 N–H and O–H groups in total. The Labute approximate surface area is 216 Å². The Balaban J connectivity index is 1.35. The molecule has 1 saturated carbocycles. The number of pyridine rings is 1. The number of para-hydroxylation sites is 1. The summed E-state index contributed by atoms with van der Waals surface area (Å²) in [5.41, 5.74) is 1.04. The Kier molecular flexibility index (Phi) is 8.06. The minimum Gasteiger partial charge on any atom is -0.347 e. The van der Waals surface area contributed by atoms with E-state index in [9.17, 15) is 18.8 Å². The van der Waals surface area contributed by atoms with Crippen molar-refractivity contribution in [3.63, 3.8) is 0 Å². The number of piperazine rings is 1. The van der Waals surface area contributed by atoms with Crippen LogP contribution in [0.2, 0.25) is 0 Å². The zero-order chi connectivity index (χ0) is 26.6. The zero-order valence-corrected chi connectivity index (χ0v) is 21.6. The molecule has 1 aromatic carbocycles. The quantitative estimate of drug-likeness (QED) is 0.553. The molecule has 37 heavy (non-hydrogen) atoms. The van der Waals surface area contributed by atoms with Gasteiger partial charge in [0, 0.05) is 56.1 Å². The van der Waals surface area contributed by atoms with Gasteiger partial charge in [-0.3, -0.25) is 19.5 Å². The number of halogens is 1. The Morgan fingerprint density at radius 1 is 1.08 bits per heavy atom. The fraction of sp³-hybridized carbons (Fsp3) is 0.481. The van der Waals surface area contributed by atoms with E-state index in [1.54, 1.807) is 23.2 Å². The summed E-state index contributed by atoms with van der Waals surface area (Å²) in [6, 6.07) is 7.32. The summed E-state index contributed by atoms with van der Waals surface area (Å²) in [7, 11) is 0. The van der Waals surface area contributed by atoms with Crippen molar-refractivity contribution in [3.8, 4) is 0 Å². The highest BCUT2D eigenvalue weighted by Gasteiger charge is 2.27. The number of hydrogen-bond donors (Lipinski definition) is 3. The molecule has 0 radical (unpaired) electrons. The van der Waals surface area contributed by atoms with Gasteiger partial charge < -0.3 is 20.9 Å². The van der Waals surface area contributed by atoms with Crippen LogP contribution in [0.25, 0.3) is 0 Å². The molecule has 2 fully saturated rings. The van der Waals surface area contributed by atoms with Gasteiger partial charge in [0.25, 0.3) is 11.8 Å². The van der Waals surface area contributed by atoms with Crippen LogP contribution in [0.15, 0.2) is 36.5 Å². The number of urea groups is 1. The van der Waals surface area contributed by atoms with E-state index in [-0.39, 0.29) is 34.6 Å². The van der Waals surface area contributed by atoms with E-state index in [1.165, 1.54) is 18.2 Å². The average molecular weight is 511 g/mol. The fourth-order valence-corrected chi connectivity index (χ4v) is 4.34. The van der Waals surface area contributed by atoms with Crippen molar-refractivity contribution in [1.82, 2.24) is 25.4 Å². The van der Waals surface area contributed by atoms with Crippen molar-refractivity contribution in [2.75, 3.05) is 31.5 Å². The number of carbonyl (C=O) groups is 3. The predicted molar refractivity (Wildman–Crippen MR) is 139 cm³/mol. The molecule has 198 valence electrons. The minimum absolute atomic E-state index is 0.0960. The van der Waals surface area contributed by atoms with Gasteiger partial charge in [-0.25, -0.2) is 9.18 Å². The van der Waals surface area contributed by atoms with Gasteiger partial charge in [0.1, 0.15) is 5.82 Å². The van der Waals surface area contributed by atoms with Gasteiger partial charge in [0.2, 0.25) is 0 Å². The van der Waals surface area contributed by atoms with E-state index >= 15 is 0 Å². The topological polar surface area (TPSA) is 107 Å². The monoisotopic (exact) mass is 510 g/mol. The van der Waals surface area contributed by atoms with E-state index in [4.69, 9.17) is 0 Å². The lowest BCUT2D eigenvalue weighted by Gasteiger charge is -2.35. The van der Waals surface area contributed by atoms with Gasteiger partial charge in [0.05, 0.1) is 16.9 Å². The van der Waals surface area contributed by atoms with Gasteiger partial charge >= 0.3 is 6.03 Å². The van der Waals surface area contributed by atoms with Crippen molar-refractivity contribution in [2.45, 2.75) is 58.2 Å². The Morgan fingerprint density at radius 2 is 1.81 bits per heavy atom. The molecule has 0 spiro atoms. The molecule has 1 saturated heterocycles. The number of hydrogen-bond acceptors (Lipinski definition) is 5. The lowest BCUT2D eigenvalue weighted by molar-refractivity contribution is 0.0627. The third-order valence-electron chi connectivity index (χ3n) is 6.54. The largest absolute Gasteiger partial charge is 0.347 e. The van der Waals surface area contributed by atoms with Gasteiger partial charge in [-0.1, -0.05) is 6.07 Å². The summed E-state index contributed by atoms with van der Waals surface area (Å²) in [6.07, 6.45) is 4.51. The molecule has 2 aliphatic rings. The highest BCUT2D eigenvalue weighted by Crippen LogP contribution is 2.23. The summed E-state index contributed by atoms with van der Waals surface area (Å²) < 4.78 is 14.6. The SMILES string of the molecule is CC(C)(C)NC(=O)c1ccnc(CN2CCN(C(=O)c3cccc(F)c3NC(=O)NC3CCC3)CC2)c1. The molecular weight excluding hydrogens is 475 g/mol. The van der Waals surface area contributed by atoms with Crippen LogP contribution in [0, 0.1) is 5.82 Å². The Hall–Kier alpha value is -3.53. The number of rotatable bonds is 6. The molecule has 9 nitrogen and oxygen atoms in total. The number of nitrogens with zero attached hydrogens (tertiary/aromatic N) is 3. The van der Waals surface area contributed by atoms with Gasteiger partial charge in [-0.15, -0.1) is 0 Å². The van der Waals surface area contributed by atoms with Crippen LogP contribution in [0.3, 0.4) is 0 Å². The highest BCUT2D eigenvalue weighted by molar-refractivity contribution is 6.03. The number of nitrogens with one attached hydrogen (secondary N) is 3. The third-order valence-corrected chi connectivity index (χ3v) is 6.54. The predicted octanol–water partition coefficient (Wildman–Crippen LogP) is 3.38. The smallest absolute Gasteiger partial charge is 0.319 e. The van der Waals surface area contributed by atoms with Crippen molar-refractivity contribution < 1.29 is 18.8 Å². The van der Waals surface area contributed by atoms with E-state index in [0.29, 0.717) is 38.3 Å². The second kappa shape index (κ2) is 11.2. The second-order valence-corrected chi connectivity index (χ2v) is 10.7. The average Bonchev–Trinajstić information content (AvgIpc) is 2.82. The van der Waals surface area contributed by atoms with Crippen LogP contribution in [0.1, 0.15) is 66.4 Å². The Bertz CT molecular complexity index is 1150. The minimum atomic E-state index is -0.644. The summed E-state index contributed by atoms with van der Waals surface area (Å²) in [6.45, 7) is 8.45. The van der Waals surface area contributed by atoms with E-state index < -0.39 is 11.8 Å². The molecule has 2 heterocycles. The molecule has 2 aromatic rings. The molecule has 1 aliphatic heterocycles. The first-order valence-electron chi connectivity index (χ1n) is 12.7. The third kappa shape index (κ3) is 7.03. The van der Waals surface area contributed by atoms with E-state index in [1.807, 2.05) is 20.8 Å². The van der Waals surface area contributed by atoms with Crippen LogP contribution >= 0.6 is 0 Å². The summed E-state index contributed by atoms with van der Waals surface area (Å²) in [4.78, 5) is 46.3. The van der Waals surface area contributed by atoms with Gasteiger partial charge in [0.15, 0.2) is 0 Å². The normalized spacial score (nSPS) is 16.6. The molecule has 10 heteroatoms. The number of aromatic nitrogens is 1. The zero-order valence-electron chi connectivity index (χ0n) is 21.6. The van der Waals surface area contributed by atoms with E-state index in [2.05, 4.69) is 25.8 Å². The molecule has 0 bridgehead atoms. The standard InChI is InChI=1S/C27H35FN6O3/c1-27(2,3)32-24(35)18-10-11-29-20(16-18)17-33-12-14-34(15-13-33)25(36)21-8-5-9-22(28)23(21)31-26(37)30-19-6-4-7-19/h5,8-11,16,19H,4,6-7,12-15,17H2,1-3H3,(H,32,35)(H2,30,31,37). The van der Waals surface area contributed by atoms with Crippen molar-refractivity contribution in [1.29, 1.82) is 0 Å². The summed E-state index contributed by atoms with van der Waals surface area (Å²) in [5, 5.41) is 8.31. The van der Waals surface area contributed by atoms with Gasteiger partial charge in [-0.2, -0.15) is 0 Å². The molecule has 4 amide bonds. The maximum absolute atomic E-state index is 14.6. The summed E-state index contributed by atoms with van der Waals surface area (Å²) >= 11 is 0. The lowest BCUT2D eigenvalue weighted by atomic mass is 9.93. The maximum Gasteiger partial charge on any atom is 0.319 e. The van der Waals surface area contributed by atoms with Crippen LogP contribution < -0.4 is 16.0 Å². The molecule has 1 aliphatic carbocycles. The molecule has 4 rings (SSSR count). The Morgan fingerprint density at radius 3 is 2.46 bits per heavy atom. The van der Waals surface area contributed by atoms with Crippen molar-refractivity contribution in [2.24, 2.45) is 0 Å². The van der Waals surface area contributed by atoms with E-state index in [0.717, 1.165) is 25.0 Å². The molecule has 0 atom stereocenters. The fourth-order valence-electron chi connectivity index (χ4n) is 4.34. The van der Waals surface area contributed by atoms with Crippen LogP contribution in [0.4, 0.5) is 14.9 Å². The highest BCUT2D eigenvalue weighted by atomic mass is 19.1. The second-order valence-electron chi connectivity index (χ2n) is 10.7. The van der Waals surface area contributed by atoms with Gasteiger partial charge in [-0.05, 0) is 64.3 Å². The summed E-state index contributed by atoms with van der Waals surface area (Å²) in [5.74, 6) is -1.11. The number of anilines is 1. The number of carbonyl (C=O) groups excluding carboxylic acids is 3. The van der Waals surface area contributed by atoms with Crippen LogP contribution in [-0.4, -0.2) is 70.4 Å². The first-order valence-corrected chi connectivity index (χ1v) is 12.7. The van der Waals surface area contributed by atoms with Crippen molar-refractivity contribution in [3.05, 3.63) is 59.2 Å². The number of benzene rings is 1. The molecule has 0 unspecified atom stereocenters. The van der Waals surface area contributed by atoms with Crippen LogP contribution in [-0.2, 0) is 6.54 Å². The lowest BCUT2D eigenvalue weighted by Crippen LogP contribution is -2.48. The van der Waals surface area contributed by atoms with Crippen LogP contribution in [0.5, 0.6) is 0 Å². The first-order chi connectivity index (χ1) is 17.6. The first kappa shape index (κ1) is 26.5.